The molecular weight excluding hydrogens is 388 g/mol. The first-order valence-electron chi connectivity index (χ1n) is 9.31. The number of anilines is 2. The lowest BCUT2D eigenvalue weighted by Gasteiger charge is -2.19. The molecule has 1 aliphatic heterocycles. The van der Waals surface area contributed by atoms with Crippen molar-refractivity contribution in [2.24, 2.45) is 5.10 Å². The van der Waals surface area contributed by atoms with E-state index in [4.69, 9.17) is 9.47 Å². The van der Waals surface area contributed by atoms with Gasteiger partial charge in [-0.2, -0.15) is 5.10 Å². The van der Waals surface area contributed by atoms with Crippen LogP contribution in [0, 0.1) is 0 Å². The fourth-order valence-corrected chi connectivity index (χ4v) is 2.72. The van der Waals surface area contributed by atoms with Crippen molar-refractivity contribution in [2.75, 3.05) is 23.8 Å². The summed E-state index contributed by atoms with van der Waals surface area (Å²) in [6.07, 6.45) is 0.0101. The van der Waals surface area contributed by atoms with Gasteiger partial charge in [-0.25, -0.2) is 5.43 Å². The summed E-state index contributed by atoms with van der Waals surface area (Å²) in [4.78, 5) is 35.4. The molecule has 0 aliphatic carbocycles. The number of nitrogens with zero attached hydrogens (tertiary/aromatic N) is 1. The smallest absolute Gasteiger partial charge is 0.271 e. The van der Waals surface area contributed by atoms with Crippen molar-refractivity contribution in [3.63, 3.8) is 0 Å². The van der Waals surface area contributed by atoms with Gasteiger partial charge in [-0.05, 0) is 43.3 Å². The average Bonchev–Trinajstić information content (AvgIpc) is 2.72. The molecule has 2 aromatic carbocycles. The van der Waals surface area contributed by atoms with Crippen molar-refractivity contribution < 1.29 is 23.9 Å². The zero-order chi connectivity index (χ0) is 21.5. The van der Waals surface area contributed by atoms with E-state index in [1.54, 1.807) is 49.4 Å². The van der Waals surface area contributed by atoms with E-state index in [-0.39, 0.29) is 18.2 Å². The average molecular weight is 410 g/mol. The van der Waals surface area contributed by atoms with E-state index in [9.17, 15) is 14.4 Å². The first-order chi connectivity index (χ1) is 14.4. The summed E-state index contributed by atoms with van der Waals surface area (Å²) < 4.78 is 10.9. The number of hydrogen-bond donors (Lipinski definition) is 3. The molecule has 2 aromatic rings. The molecule has 1 heterocycles. The fraction of sp³-hybridized carbons (Fsp3) is 0.238. The van der Waals surface area contributed by atoms with Crippen LogP contribution in [0.2, 0.25) is 0 Å². The third-order valence-electron chi connectivity index (χ3n) is 4.06. The molecule has 0 atom stereocenters. The maximum atomic E-state index is 12.2. The summed E-state index contributed by atoms with van der Waals surface area (Å²) in [5, 5.41) is 9.35. The van der Waals surface area contributed by atoms with Crippen LogP contribution in [0.5, 0.6) is 11.5 Å². The van der Waals surface area contributed by atoms with Crippen LogP contribution < -0.4 is 25.5 Å². The predicted molar refractivity (Wildman–Crippen MR) is 112 cm³/mol. The third-order valence-corrected chi connectivity index (χ3v) is 4.06. The minimum Gasteiger partial charge on any atom is -0.486 e. The second kappa shape index (κ2) is 9.55. The van der Waals surface area contributed by atoms with Crippen molar-refractivity contribution in [2.45, 2.75) is 20.3 Å². The Bertz CT molecular complexity index is 985. The highest BCUT2D eigenvalue weighted by Crippen LogP contribution is 2.32. The standard InChI is InChI=1S/C21H22N4O5/c1-13(24-25-21(28)15-3-5-16(6-4-15)22-14(2)26)11-20(27)23-17-7-8-18-19(12-17)30-10-9-29-18/h3-8,12H,9-11H2,1-2H3,(H,22,26)(H,23,27)(H,25,28)/b24-13-. The van der Waals surface area contributed by atoms with Gasteiger partial charge in [0.15, 0.2) is 11.5 Å². The second-order valence-corrected chi connectivity index (χ2v) is 6.63. The van der Waals surface area contributed by atoms with Gasteiger partial charge in [-0.15, -0.1) is 0 Å². The molecule has 0 fully saturated rings. The quantitative estimate of drug-likeness (QED) is 0.500. The lowest BCUT2D eigenvalue weighted by Crippen LogP contribution is -2.21. The van der Waals surface area contributed by atoms with Gasteiger partial charge in [-0.1, -0.05) is 0 Å². The number of hydrogen-bond acceptors (Lipinski definition) is 6. The van der Waals surface area contributed by atoms with Crippen molar-refractivity contribution in [1.82, 2.24) is 5.43 Å². The van der Waals surface area contributed by atoms with Gasteiger partial charge < -0.3 is 20.1 Å². The number of benzene rings is 2. The number of amides is 3. The van der Waals surface area contributed by atoms with Crippen LogP contribution in [-0.2, 0) is 9.59 Å². The summed E-state index contributed by atoms with van der Waals surface area (Å²) >= 11 is 0. The lowest BCUT2D eigenvalue weighted by atomic mass is 10.2. The Balaban J connectivity index is 1.51. The number of nitrogens with one attached hydrogen (secondary N) is 3. The molecule has 1 aliphatic rings. The van der Waals surface area contributed by atoms with Gasteiger partial charge in [0, 0.05) is 35.6 Å². The van der Waals surface area contributed by atoms with Crippen LogP contribution in [0.3, 0.4) is 0 Å². The Labute approximate surface area is 173 Å². The molecule has 0 aromatic heterocycles. The van der Waals surface area contributed by atoms with Crippen LogP contribution in [0.4, 0.5) is 11.4 Å². The fourth-order valence-electron chi connectivity index (χ4n) is 2.72. The van der Waals surface area contributed by atoms with Crippen LogP contribution in [0.15, 0.2) is 47.6 Å². The summed E-state index contributed by atoms with van der Waals surface area (Å²) in [6, 6.07) is 11.5. The normalized spacial score (nSPS) is 12.7. The Morgan fingerprint density at radius 1 is 0.900 bits per heavy atom. The SMILES string of the molecule is CC(=O)Nc1ccc(C(=O)N/N=C(/C)CC(=O)Nc2ccc3c(c2)OCCO3)cc1. The molecule has 0 saturated carbocycles. The molecule has 0 radical (unpaired) electrons. The van der Waals surface area contributed by atoms with Crippen LogP contribution in [0.1, 0.15) is 30.6 Å². The lowest BCUT2D eigenvalue weighted by molar-refractivity contribution is -0.115. The summed E-state index contributed by atoms with van der Waals surface area (Å²) in [5.74, 6) is 0.339. The Kier molecular flexibility index (Phi) is 6.63. The van der Waals surface area contributed by atoms with Crippen molar-refractivity contribution in [3.05, 3.63) is 48.0 Å². The number of hydrazone groups is 1. The zero-order valence-corrected chi connectivity index (χ0v) is 16.7. The van der Waals surface area contributed by atoms with E-state index >= 15 is 0 Å². The van der Waals surface area contributed by atoms with Crippen LogP contribution >= 0.6 is 0 Å². The maximum Gasteiger partial charge on any atom is 0.271 e. The number of rotatable bonds is 6. The van der Waals surface area contributed by atoms with Crippen molar-refractivity contribution in [1.29, 1.82) is 0 Å². The van der Waals surface area contributed by atoms with Crippen LogP contribution in [0.25, 0.3) is 0 Å². The molecule has 3 amide bonds. The molecule has 156 valence electrons. The minimum atomic E-state index is -0.420. The van der Waals surface area contributed by atoms with Gasteiger partial charge in [-0.3, -0.25) is 14.4 Å². The molecule has 0 unspecified atom stereocenters. The first kappa shape index (κ1) is 20.8. The number of carbonyl (C=O) groups excluding carboxylic acids is 3. The van der Waals surface area contributed by atoms with E-state index in [0.717, 1.165) is 0 Å². The van der Waals surface area contributed by atoms with E-state index in [0.29, 0.717) is 47.4 Å². The Morgan fingerprint density at radius 3 is 2.27 bits per heavy atom. The largest absolute Gasteiger partial charge is 0.486 e. The van der Waals surface area contributed by atoms with Gasteiger partial charge in [0.25, 0.3) is 5.91 Å². The van der Waals surface area contributed by atoms with Gasteiger partial charge >= 0.3 is 0 Å². The van der Waals surface area contributed by atoms with Gasteiger partial charge in [0.2, 0.25) is 11.8 Å². The number of fused-ring (bicyclic) bond motifs is 1. The van der Waals surface area contributed by atoms with E-state index in [1.165, 1.54) is 6.92 Å². The molecule has 3 rings (SSSR count). The minimum absolute atomic E-state index is 0.0101. The summed E-state index contributed by atoms with van der Waals surface area (Å²) in [7, 11) is 0. The molecule has 0 spiro atoms. The van der Waals surface area contributed by atoms with E-state index in [1.807, 2.05) is 0 Å². The molecule has 9 nitrogen and oxygen atoms in total. The number of ether oxygens (including phenoxy) is 2. The Hall–Kier alpha value is -3.88. The highest BCUT2D eigenvalue weighted by atomic mass is 16.6. The molecule has 0 bridgehead atoms. The number of carbonyl (C=O) groups is 3. The highest BCUT2D eigenvalue weighted by Gasteiger charge is 2.13. The molecular formula is C21H22N4O5. The van der Waals surface area contributed by atoms with E-state index < -0.39 is 5.91 Å². The third kappa shape index (κ3) is 5.81. The zero-order valence-electron chi connectivity index (χ0n) is 16.7. The maximum absolute atomic E-state index is 12.2. The second-order valence-electron chi connectivity index (χ2n) is 6.63. The topological polar surface area (TPSA) is 118 Å². The monoisotopic (exact) mass is 410 g/mol. The van der Waals surface area contributed by atoms with Crippen molar-refractivity contribution >= 4 is 34.8 Å². The molecule has 0 saturated heterocycles. The molecule has 30 heavy (non-hydrogen) atoms. The van der Waals surface area contributed by atoms with E-state index in [2.05, 4.69) is 21.2 Å². The Morgan fingerprint density at radius 2 is 1.57 bits per heavy atom. The predicted octanol–water partition coefficient (Wildman–Crippen LogP) is 2.55. The molecule has 9 heteroatoms. The highest BCUT2D eigenvalue weighted by molar-refractivity contribution is 6.06. The van der Waals surface area contributed by atoms with Gasteiger partial charge in [0.1, 0.15) is 13.2 Å². The van der Waals surface area contributed by atoms with Crippen LogP contribution in [-0.4, -0.2) is 36.6 Å². The van der Waals surface area contributed by atoms with Crippen molar-refractivity contribution in [3.8, 4) is 11.5 Å². The summed E-state index contributed by atoms with van der Waals surface area (Å²) in [5.41, 5.74) is 4.40. The first-order valence-corrected chi connectivity index (χ1v) is 9.31. The summed E-state index contributed by atoms with van der Waals surface area (Å²) in [6.45, 7) is 4.01. The molecule has 3 N–H and O–H groups in total. The van der Waals surface area contributed by atoms with Gasteiger partial charge in [0.05, 0.1) is 6.42 Å².